The smallest absolute Gasteiger partial charge is 0.213 e. The lowest BCUT2D eigenvalue weighted by Crippen LogP contribution is -2.41. The summed E-state index contributed by atoms with van der Waals surface area (Å²) in [6.07, 6.45) is 4.30. The Morgan fingerprint density at radius 1 is 0.879 bits per heavy atom. The molecular weight excluding hydrogens is 408 g/mol. The average molecular weight is 440 g/mol. The van der Waals surface area contributed by atoms with E-state index >= 15 is 0 Å². The van der Waals surface area contributed by atoms with Crippen LogP contribution >= 0.6 is 0 Å². The van der Waals surface area contributed by atoms with Gasteiger partial charge in [0.25, 0.3) is 0 Å². The van der Waals surface area contributed by atoms with Crippen molar-refractivity contribution in [3.8, 4) is 11.5 Å². The molecule has 0 aliphatic rings. The van der Waals surface area contributed by atoms with Crippen molar-refractivity contribution in [3.63, 3.8) is 0 Å². The highest BCUT2D eigenvalue weighted by molar-refractivity contribution is 5.79. The van der Waals surface area contributed by atoms with Crippen LogP contribution in [-0.4, -0.2) is 13.7 Å². The number of nitrogens with two attached hydrogens (primary N) is 1. The number of methoxy groups -OCH3 is 1. The molecular formula is C29H31N2O2+. The Balaban J connectivity index is 1.60. The Bertz CT molecular complexity index is 1260. The predicted octanol–water partition coefficient (Wildman–Crippen LogP) is 5.46. The Morgan fingerprint density at radius 2 is 1.64 bits per heavy atom. The number of aromatic nitrogens is 1. The minimum absolute atomic E-state index is 0.568. The first-order chi connectivity index (χ1) is 16.1. The van der Waals surface area contributed by atoms with Crippen molar-refractivity contribution < 1.29 is 14.0 Å². The van der Waals surface area contributed by atoms with E-state index in [1.807, 2.05) is 24.3 Å². The molecule has 0 spiro atoms. The van der Waals surface area contributed by atoms with Gasteiger partial charge in [0, 0.05) is 18.2 Å². The molecule has 0 bridgehead atoms. The summed E-state index contributed by atoms with van der Waals surface area (Å²) in [7, 11) is 1.69. The van der Waals surface area contributed by atoms with Crippen molar-refractivity contribution in [3.05, 3.63) is 101 Å². The average Bonchev–Trinajstić information content (AvgIpc) is 2.83. The van der Waals surface area contributed by atoms with E-state index in [-0.39, 0.29) is 0 Å². The lowest BCUT2D eigenvalue weighted by Gasteiger charge is -2.13. The van der Waals surface area contributed by atoms with E-state index in [2.05, 4.69) is 79.1 Å². The minimum Gasteiger partial charge on any atom is -0.497 e. The van der Waals surface area contributed by atoms with Gasteiger partial charge in [-0.05, 0) is 72.5 Å². The summed E-state index contributed by atoms with van der Waals surface area (Å²) in [6.45, 7) is 6.08. The Hall–Kier alpha value is -3.63. The summed E-state index contributed by atoms with van der Waals surface area (Å²) in [5.41, 5.74) is 12.7. The van der Waals surface area contributed by atoms with E-state index in [1.54, 1.807) is 7.11 Å². The Morgan fingerprint density at radius 3 is 2.33 bits per heavy atom. The molecule has 0 saturated carbocycles. The number of benzene rings is 3. The van der Waals surface area contributed by atoms with Crippen LogP contribution in [0.15, 0.2) is 72.8 Å². The van der Waals surface area contributed by atoms with Crippen molar-refractivity contribution in [2.75, 3.05) is 13.7 Å². The molecule has 0 saturated heterocycles. The van der Waals surface area contributed by atoms with E-state index < -0.39 is 0 Å². The molecule has 0 atom stereocenters. The SMILES string of the molecule is COc1ccc2c(ccc(/C=C/c3cc(C)c(OCc4ccccc4)c(C)c3)[n+]2CCN)c1. The maximum absolute atomic E-state index is 6.14. The van der Waals surface area contributed by atoms with Gasteiger partial charge in [0.1, 0.15) is 18.1 Å². The lowest BCUT2D eigenvalue weighted by molar-refractivity contribution is -0.670. The van der Waals surface area contributed by atoms with Gasteiger partial charge in [0.05, 0.1) is 19.0 Å². The normalized spacial score (nSPS) is 11.3. The number of fused-ring (bicyclic) bond motifs is 1. The van der Waals surface area contributed by atoms with Gasteiger partial charge in [0.2, 0.25) is 11.2 Å². The van der Waals surface area contributed by atoms with E-state index in [0.29, 0.717) is 13.2 Å². The Kier molecular flexibility index (Phi) is 7.06. The molecule has 0 amide bonds. The number of ether oxygens (including phenoxy) is 2. The molecule has 4 aromatic rings. The van der Waals surface area contributed by atoms with Crippen molar-refractivity contribution in [2.45, 2.75) is 27.0 Å². The van der Waals surface area contributed by atoms with Gasteiger partial charge in [0.15, 0.2) is 6.54 Å². The molecule has 1 heterocycles. The zero-order chi connectivity index (χ0) is 23.2. The molecule has 0 fully saturated rings. The van der Waals surface area contributed by atoms with Crippen LogP contribution in [0.4, 0.5) is 0 Å². The fourth-order valence-corrected chi connectivity index (χ4v) is 4.19. The second-order valence-electron chi connectivity index (χ2n) is 8.21. The summed E-state index contributed by atoms with van der Waals surface area (Å²) in [6, 6.07) is 25.0. The van der Waals surface area contributed by atoms with Crippen molar-refractivity contribution >= 4 is 23.1 Å². The molecule has 3 aromatic carbocycles. The molecule has 0 radical (unpaired) electrons. The maximum atomic E-state index is 6.14. The van der Waals surface area contributed by atoms with E-state index in [1.165, 1.54) is 5.56 Å². The molecule has 0 aliphatic heterocycles. The van der Waals surface area contributed by atoms with Crippen LogP contribution < -0.4 is 19.8 Å². The summed E-state index contributed by atoms with van der Waals surface area (Å²) >= 11 is 0. The van der Waals surface area contributed by atoms with Crippen LogP contribution in [0.5, 0.6) is 11.5 Å². The highest BCUT2D eigenvalue weighted by Crippen LogP contribution is 2.27. The summed E-state index contributed by atoms with van der Waals surface area (Å²) < 4.78 is 13.8. The number of nitrogens with zero attached hydrogens (tertiary/aromatic N) is 1. The number of aryl methyl sites for hydroxylation is 2. The molecule has 1 aromatic heterocycles. The van der Waals surface area contributed by atoms with Gasteiger partial charge in [-0.2, -0.15) is 4.57 Å². The van der Waals surface area contributed by atoms with Gasteiger partial charge in [-0.25, -0.2) is 0 Å². The van der Waals surface area contributed by atoms with Gasteiger partial charge < -0.3 is 15.2 Å². The van der Waals surface area contributed by atoms with Gasteiger partial charge in [-0.3, -0.25) is 0 Å². The van der Waals surface area contributed by atoms with Gasteiger partial charge >= 0.3 is 0 Å². The van der Waals surface area contributed by atoms with E-state index in [0.717, 1.165) is 51.3 Å². The molecule has 4 heteroatoms. The van der Waals surface area contributed by atoms with Crippen LogP contribution in [0, 0.1) is 13.8 Å². The summed E-state index contributed by atoms with van der Waals surface area (Å²) in [5.74, 6) is 1.81. The third kappa shape index (κ3) is 5.24. The van der Waals surface area contributed by atoms with Crippen LogP contribution in [0.1, 0.15) is 27.9 Å². The number of hydrogen-bond acceptors (Lipinski definition) is 3. The van der Waals surface area contributed by atoms with Gasteiger partial charge in [-0.15, -0.1) is 0 Å². The zero-order valence-electron chi connectivity index (χ0n) is 19.5. The number of hydrogen-bond donors (Lipinski definition) is 1. The van der Waals surface area contributed by atoms with Crippen LogP contribution in [-0.2, 0) is 13.2 Å². The molecule has 4 rings (SSSR count). The molecule has 2 N–H and O–H groups in total. The maximum Gasteiger partial charge on any atom is 0.213 e. The van der Waals surface area contributed by atoms with Crippen LogP contribution in [0.3, 0.4) is 0 Å². The molecule has 0 unspecified atom stereocenters. The lowest BCUT2D eigenvalue weighted by atomic mass is 10.0. The second kappa shape index (κ2) is 10.3. The summed E-state index contributed by atoms with van der Waals surface area (Å²) in [4.78, 5) is 0. The number of rotatable bonds is 8. The quantitative estimate of drug-likeness (QED) is 0.371. The predicted molar refractivity (Wildman–Crippen MR) is 135 cm³/mol. The molecule has 33 heavy (non-hydrogen) atoms. The first kappa shape index (κ1) is 22.6. The van der Waals surface area contributed by atoms with E-state index in [9.17, 15) is 0 Å². The Labute approximate surface area is 195 Å². The monoisotopic (exact) mass is 439 g/mol. The first-order valence-electron chi connectivity index (χ1n) is 11.3. The topological polar surface area (TPSA) is 48.4 Å². The fraction of sp³-hybridized carbons (Fsp3) is 0.207. The first-order valence-corrected chi connectivity index (χ1v) is 11.3. The van der Waals surface area contributed by atoms with Crippen molar-refractivity contribution in [1.82, 2.24) is 0 Å². The van der Waals surface area contributed by atoms with Crippen molar-refractivity contribution in [1.29, 1.82) is 0 Å². The van der Waals surface area contributed by atoms with Crippen LogP contribution in [0.25, 0.3) is 23.1 Å². The molecule has 0 aliphatic carbocycles. The molecule has 4 nitrogen and oxygen atoms in total. The highest BCUT2D eigenvalue weighted by atomic mass is 16.5. The zero-order valence-corrected chi connectivity index (χ0v) is 19.5. The molecule has 168 valence electrons. The third-order valence-corrected chi connectivity index (χ3v) is 5.78. The highest BCUT2D eigenvalue weighted by Gasteiger charge is 2.14. The third-order valence-electron chi connectivity index (χ3n) is 5.78. The van der Waals surface area contributed by atoms with Crippen molar-refractivity contribution in [2.24, 2.45) is 5.73 Å². The van der Waals surface area contributed by atoms with Crippen LogP contribution in [0.2, 0.25) is 0 Å². The fourth-order valence-electron chi connectivity index (χ4n) is 4.19. The largest absolute Gasteiger partial charge is 0.497 e. The van der Waals surface area contributed by atoms with E-state index in [4.69, 9.17) is 15.2 Å². The second-order valence-corrected chi connectivity index (χ2v) is 8.21. The standard InChI is InChI=1S/C29H31N2O2/c1-21-17-24(18-22(2)29(21)33-20-23-7-5-4-6-8-23)9-11-26-12-10-25-19-27(32-3)13-14-28(25)31(26)16-15-30/h4-14,17-19H,15-16,20,30H2,1-3H3/q+1/b11-9+. The van der Waals surface area contributed by atoms with Gasteiger partial charge in [-0.1, -0.05) is 30.3 Å². The minimum atomic E-state index is 0.568. The summed E-state index contributed by atoms with van der Waals surface area (Å²) in [5, 5.41) is 1.13. The number of pyridine rings is 1.